The molecule has 0 aromatic heterocycles. The Morgan fingerprint density at radius 1 is 0.540 bits per heavy atom. The lowest BCUT2D eigenvalue weighted by Crippen LogP contribution is -2.55. The zero-order chi connectivity index (χ0) is 35.3. The van der Waals surface area contributed by atoms with E-state index in [0.29, 0.717) is 27.1 Å². The van der Waals surface area contributed by atoms with E-state index in [1.54, 1.807) is 19.3 Å². The van der Waals surface area contributed by atoms with E-state index in [4.69, 9.17) is 0 Å². The number of rotatable bonds is 6. The molecule has 0 spiro atoms. The summed E-state index contributed by atoms with van der Waals surface area (Å²) in [6.07, 6.45) is 52.2. The minimum atomic E-state index is 0.473. The second-order valence-electron chi connectivity index (χ2n) is 21.3. The molecule has 6 aliphatic rings. The van der Waals surface area contributed by atoms with Crippen LogP contribution in [0.4, 0.5) is 0 Å². The minimum Gasteiger partial charge on any atom is -0.0914 e. The van der Waals surface area contributed by atoms with E-state index in [-0.39, 0.29) is 0 Å². The molecule has 0 heteroatoms. The van der Waals surface area contributed by atoms with Crippen LogP contribution in [0.3, 0.4) is 0 Å². The molecule has 0 radical (unpaired) electrons. The number of hydrogen-bond donors (Lipinski definition) is 0. The second kappa shape index (κ2) is 17.0. The summed E-state index contributed by atoms with van der Waals surface area (Å²) < 4.78 is 0. The van der Waals surface area contributed by atoms with E-state index >= 15 is 0 Å². The molecule has 9 atom stereocenters. The molecule has 0 bridgehead atoms. The lowest BCUT2D eigenvalue weighted by molar-refractivity contribution is -0.117. The van der Waals surface area contributed by atoms with Crippen LogP contribution in [-0.4, -0.2) is 0 Å². The normalized spacial score (nSPS) is 43.7. The molecule has 0 aromatic rings. The van der Waals surface area contributed by atoms with Gasteiger partial charge in [-0.05, 0) is 134 Å². The van der Waals surface area contributed by atoms with Crippen molar-refractivity contribution in [2.45, 2.75) is 241 Å². The molecule has 288 valence electrons. The molecule has 0 N–H and O–H groups in total. The van der Waals surface area contributed by atoms with Gasteiger partial charge in [0.05, 0.1) is 0 Å². The Kier molecular flexibility index (Phi) is 13.4. The van der Waals surface area contributed by atoms with Crippen molar-refractivity contribution >= 4 is 0 Å². The largest absolute Gasteiger partial charge is 0.0914 e. The van der Waals surface area contributed by atoms with Crippen LogP contribution in [0.15, 0.2) is 12.2 Å². The molecule has 9 unspecified atom stereocenters. The van der Waals surface area contributed by atoms with Crippen molar-refractivity contribution in [3.05, 3.63) is 12.2 Å². The SMILES string of the molecule is CC=CC1C2CCCC(C)(C3(C)CCCCCCCCC3)CC2CCCC1(C1(C)CCCCCCCCCC1)C1(CCC)C2CCCC(C)C21. The fourth-order valence-electron chi connectivity index (χ4n) is 16.3. The lowest BCUT2D eigenvalue weighted by atomic mass is 9.43. The van der Waals surface area contributed by atoms with Crippen LogP contribution in [-0.2, 0) is 0 Å². The average molecular weight is 689 g/mol. The van der Waals surface area contributed by atoms with E-state index in [2.05, 4.69) is 53.7 Å². The average Bonchev–Trinajstić information content (AvgIpc) is 3.83. The predicted octanol–water partition coefficient (Wildman–Crippen LogP) is 16.5. The van der Waals surface area contributed by atoms with Crippen molar-refractivity contribution in [2.24, 2.45) is 62.6 Å². The summed E-state index contributed by atoms with van der Waals surface area (Å²) in [6.45, 7) is 16.4. The summed E-state index contributed by atoms with van der Waals surface area (Å²) in [7, 11) is 0. The maximum Gasteiger partial charge on any atom is -0.0116 e. The minimum absolute atomic E-state index is 0.473. The Morgan fingerprint density at radius 3 is 1.60 bits per heavy atom. The van der Waals surface area contributed by atoms with Crippen LogP contribution in [0.2, 0.25) is 0 Å². The highest BCUT2D eigenvalue weighted by atomic mass is 14.8. The van der Waals surface area contributed by atoms with E-state index in [1.165, 1.54) is 180 Å². The van der Waals surface area contributed by atoms with Crippen molar-refractivity contribution < 1.29 is 0 Å². The van der Waals surface area contributed by atoms with Gasteiger partial charge in [-0.15, -0.1) is 0 Å². The van der Waals surface area contributed by atoms with Crippen molar-refractivity contribution in [3.8, 4) is 0 Å². The number of hydrogen-bond acceptors (Lipinski definition) is 0. The van der Waals surface area contributed by atoms with Gasteiger partial charge in [-0.25, -0.2) is 0 Å². The van der Waals surface area contributed by atoms with Crippen LogP contribution < -0.4 is 0 Å². The molecule has 50 heavy (non-hydrogen) atoms. The molecule has 0 heterocycles. The maximum absolute atomic E-state index is 2.97. The van der Waals surface area contributed by atoms with Crippen LogP contribution in [0.1, 0.15) is 241 Å². The molecular weight excluding hydrogens is 601 g/mol. The first-order chi connectivity index (χ1) is 24.2. The first-order valence-electron chi connectivity index (χ1n) is 23.8. The summed E-state index contributed by atoms with van der Waals surface area (Å²) in [5.74, 6) is 5.59. The predicted molar refractivity (Wildman–Crippen MR) is 219 cm³/mol. The first kappa shape index (κ1) is 39.4. The smallest absolute Gasteiger partial charge is 0.0116 e. The molecule has 6 fully saturated rings. The Bertz CT molecular complexity index is 1040. The van der Waals surface area contributed by atoms with Gasteiger partial charge in [-0.3, -0.25) is 0 Å². The van der Waals surface area contributed by atoms with Crippen molar-refractivity contribution in [2.75, 3.05) is 0 Å². The van der Waals surface area contributed by atoms with Gasteiger partial charge in [0.15, 0.2) is 0 Å². The number of fused-ring (bicyclic) bond motifs is 2. The highest BCUT2D eigenvalue weighted by Gasteiger charge is 2.78. The topological polar surface area (TPSA) is 0 Å². The summed E-state index contributed by atoms with van der Waals surface area (Å²) in [5, 5.41) is 0. The Balaban J connectivity index is 1.44. The van der Waals surface area contributed by atoms with Gasteiger partial charge in [0.25, 0.3) is 0 Å². The van der Waals surface area contributed by atoms with Gasteiger partial charge in [0, 0.05) is 0 Å². The zero-order valence-electron chi connectivity index (χ0n) is 35.0. The van der Waals surface area contributed by atoms with Gasteiger partial charge < -0.3 is 0 Å². The Hall–Kier alpha value is -0.260. The molecule has 0 nitrogen and oxygen atoms in total. The summed E-state index contributed by atoms with van der Waals surface area (Å²) in [6, 6.07) is 0. The third-order valence-corrected chi connectivity index (χ3v) is 18.7. The zero-order valence-corrected chi connectivity index (χ0v) is 35.0. The fourth-order valence-corrected chi connectivity index (χ4v) is 16.3. The Morgan fingerprint density at radius 2 is 1.06 bits per heavy atom. The molecule has 6 aliphatic carbocycles. The summed E-state index contributed by atoms with van der Waals surface area (Å²) in [5.41, 5.74) is 2.58. The third kappa shape index (κ3) is 7.27. The fraction of sp³-hybridized carbons (Fsp3) is 0.960. The summed E-state index contributed by atoms with van der Waals surface area (Å²) in [4.78, 5) is 0. The van der Waals surface area contributed by atoms with Crippen LogP contribution >= 0.6 is 0 Å². The first-order valence-corrected chi connectivity index (χ1v) is 23.8. The molecule has 0 saturated heterocycles. The van der Waals surface area contributed by atoms with E-state index in [0.717, 1.165) is 35.5 Å². The van der Waals surface area contributed by atoms with Crippen LogP contribution in [0, 0.1) is 62.6 Å². The highest BCUT2D eigenvalue weighted by molar-refractivity contribution is 5.28. The Labute approximate surface area is 314 Å². The van der Waals surface area contributed by atoms with Crippen molar-refractivity contribution in [1.82, 2.24) is 0 Å². The van der Waals surface area contributed by atoms with Gasteiger partial charge >= 0.3 is 0 Å². The van der Waals surface area contributed by atoms with Gasteiger partial charge in [0.1, 0.15) is 0 Å². The molecular formula is C50H88. The van der Waals surface area contributed by atoms with Crippen LogP contribution in [0.25, 0.3) is 0 Å². The van der Waals surface area contributed by atoms with Gasteiger partial charge in [0.2, 0.25) is 0 Å². The standard InChI is InChI=1S/C50H88/c1-7-27-43-42-30-26-37-48(6,46(4)33-20-16-14-11-15-17-21-34-46)39-41(42)29-25-38-50(43,47(5)35-22-18-12-9-10-13-19-23-36-47)49(32-8-2)44-31-24-28-40(3)45(44)49/h7,27,40-45H,8-26,28-39H2,1-6H3. The molecule has 0 aliphatic heterocycles. The second-order valence-corrected chi connectivity index (χ2v) is 21.3. The van der Waals surface area contributed by atoms with E-state index < -0.39 is 0 Å². The van der Waals surface area contributed by atoms with Crippen molar-refractivity contribution in [3.63, 3.8) is 0 Å². The van der Waals surface area contributed by atoms with E-state index in [9.17, 15) is 0 Å². The molecule has 0 aromatic carbocycles. The lowest BCUT2D eigenvalue weighted by Gasteiger charge is -2.61. The monoisotopic (exact) mass is 689 g/mol. The molecule has 0 amide bonds. The third-order valence-electron chi connectivity index (χ3n) is 18.7. The van der Waals surface area contributed by atoms with Crippen LogP contribution in [0.5, 0.6) is 0 Å². The summed E-state index contributed by atoms with van der Waals surface area (Å²) >= 11 is 0. The molecule has 6 saturated carbocycles. The molecule has 6 rings (SSSR count). The van der Waals surface area contributed by atoms with E-state index in [1.807, 2.05) is 0 Å². The highest BCUT2D eigenvalue weighted by Crippen LogP contribution is 2.84. The maximum atomic E-state index is 2.97. The van der Waals surface area contributed by atoms with Gasteiger partial charge in [-0.2, -0.15) is 0 Å². The quantitative estimate of drug-likeness (QED) is 0.244. The number of allylic oxidation sites excluding steroid dienone is 2. The van der Waals surface area contributed by atoms with Gasteiger partial charge in [-0.1, -0.05) is 182 Å². The van der Waals surface area contributed by atoms with Crippen molar-refractivity contribution in [1.29, 1.82) is 0 Å².